The monoisotopic (exact) mass is 213 g/mol. The molecule has 0 aromatic rings. The Bertz CT molecular complexity index is 242. The van der Waals surface area contributed by atoms with Gasteiger partial charge < -0.3 is 15.1 Å². The number of carbonyl (C=O) groups excluding carboxylic acids is 1. The first-order chi connectivity index (χ1) is 7.11. The molecule has 0 aromatic heterocycles. The summed E-state index contributed by atoms with van der Waals surface area (Å²) < 4.78 is 0. The predicted molar refractivity (Wildman–Crippen MR) is 57.2 cm³/mol. The highest BCUT2D eigenvalue weighted by Gasteiger charge is 2.33. The van der Waals surface area contributed by atoms with Crippen molar-refractivity contribution in [3.8, 4) is 0 Å². The van der Waals surface area contributed by atoms with Crippen LogP contribution in [0.5, 0.6) is 0 Å². The van der Waals surface area contributed by atoms with Crippen LogP contribution in [0.3, 0.4) is 0 Å². The zero-order chi connectivity index (χ0) is 11.4. The maximum absolute atomic E-state index is 11.8. The molecule has 1 aliphatic rings. The van der Waals surface area contributed by atoms with Crippen molar-refractivity contribution >= 4 is 5.91 Å². The smallest absolute Gasteiger partial charge is 0.252 e. The van der Waals surface area contributed by atoms with Crippen LogP contribution in [0.15, 0.2) is 12.7 Å². The molecule has 0 radical (unpaired) electrons. The van der Waals surface area contributed by atoms with E-state index in [1.165, 1.54) is 0 Å². The van der Waals surface area contributed by atoms with Gasteiger partial charge in [-0.15, -0.1) is 6.58 Å². The van der Waals surface area contributed by atoms with Gasteiger partial charge >= 0.3 is 0 Å². The summed E-state index contributed by atoms with van der Waals surface area (Å²) in [5, 5.41) is 18.8. The van der Waals surface area contributed by atoms with Crippen molar-refractivity contribution in [3.63, 3.8) is 0 Å². The Kier molecular flexibility index (Phi) is 4.29. The van der Waals surface area contributed by atoms with Crippen LogP contribution in [-0.2, 0) is 4.79 Å². The maximum Gasteiger partial charge on any atom is 0.252 e. The molecule has 1 rings (SSSR count). The largest absolute Gasteiger partial charge is 0.394 e. The molecule has 1 aliphatic heterocycles. The third-order valence-corrected chi connectivity index (χ3v) is 2.99. The number of aliphatic hydroxyl groups is 2. The Balaban J connectivity index is 2.62. The summed E-state index contributed by atoms with van der Waals surface area (Å²) in [6, 6.07) is -0.121. The second kappa shape index (κ2) is 5.28. The fourth-order valence-electron chi connectivity index (χ4n) is 1.84. The predicted octanol–water partition coefficient (Wildman–Crippen LogP) is 0.153. The second-order valence-corrected chi connectivity index (χ2v) is 4.05. The Morgan fingerprint density at radius 2 is 2.40 bits per heavy atom. The summed E-state index contributed by atoms with van der Waals surface area (Å²) in [5.41, 5.74) is 0. The van der Waals surface area contributed by atoms with Gasteiger partial charge in [0.05, 0.1) is 12.6 Å². The lowest BCUT2D eigenvalue weighted by atomic mass is 10.0. The third-order valence-electron chi connectivity index (χ3n) is 2.99. The van der Waals surface area contributed by atoms with Crippen molar-refractivity contribution in [2.24, 2.45) is 5.92 Å². The fraction of sp³-hybridized carbons (Fsp3) is 0.727. The van der Waals surface area contributed by atoms with E-state index in [2.05, 4.69) is 6.58 Å². The maximum atomic E-state index is 11.8. The topological polar surface area (TPSA) is 60.8 Å². The molecule has 1 amide bonds. The quantitative estimate of drug-likeness (QED) is 0.654. The molecule has 0 bridgehead atoms. The van der Waals surface area contributed by atoms with Crippen molar-refractivity contribution in [3.05, 3.63) is 12.7 Å². The van der Waals surface area contributed by atoms with E-state index >= 15 is 0 Å². The van der Waals surface area contributed by atoms with E-state index in [1.807, 2.05) is 0 Å². The van der Waals surface area contributed by atoms with Crippen molar-refractivity contribution < 1.29 is 15.0 Å². The number of aliphatic hydroxyl groups excluding tert-OH is 2. The minimum atomic E-state index is -1.03. The van der Waals surface area contributed by atoms with E-state index in [0.717, 1.165) is 12.8 Å². The third kappa shape index (κ3) is 2.58. The molecule has 1 saturated heterocycles. The van der Waals surface area contributed by atoms with Crippen LogP contribution in [0.4, 0.5) is 0 Å². The fourth-order valence-corrected chi connectivity index (χ4v) is 1.84. The average Bonchev–Trinajstić information content (AvgIpc) is 2.73. The zero-order valence-electron chi connectivity index (χ0n) is 9.09. The summed E-state index contributed by atoms with van der Waals surface area (Å²) in [5.74, 6) is -0.545. The van der Waals surface area contributed by atoms with Crippen molar-refractivity contribution in [1.29, 1.82) is 0 Å². The van der Waals surface area contributed by atoms with Crippen LogP contribution < -0.4 is 0 Å². The normalized spacial score (nSPS) is 25.0. The lowest BCUT2D eigenvalue weighted by molar-refractivity contribution is -0.143. The van der Waals surface area contributed by atoms with Crippen LogP contribution in [0.25, 0.3) is 0 Å². The number of hydrogen-bond donors (Lipinski definition) is 2. The standard InChI is InChI=1S/C11H19NO3/c1-3-8(2)10(14)11(15)12-6-4-5-9(12)7-13/h3,8-10,13-14H,1,4-7H2,2H3/t8-,9+,10-/m1/s1. The minimum Gasteiger partial charge on any atom is -0.394 e. The van der Waals surface area contributed by atoms with Gasteiger partial charge in [-0.1, -0.05) is 13.0 Å². The molecule has 0 aliphatic carbocycles. The Labute approximate surface area is 90.2 Å². The Morgan fingerprint density at radius 3 is 2.93 bits per heavy atom. The van der Waals surface area contributed by atoms with Crippen LogP contribution in [0, 0.1) is 5.92 Å². The first kappa shape index (κ1) is 12.2. The molecule has 3 atom stereocenters. The summed E-state index contributed by atoms with van der Waals surface area (Å²) >= 11 is 0. The van der Waals surface area contributed by atoms with Gasteiger partial charge in [0.25, 0.3) is 5.91 Å². The number of carbonyl (C=O) groups is 1. The lowest BCUT2D eigenvalue weighted by Crippen LogP contribution is -2.45. The van der Waals surface area contributed by atoms with E-state index in [0.29, 0.717) is 6.54 Å². The highest BCUT2D eigenvalue weighted by atomic mass is 16.3. The molecule has 15 heavy (non-hydrogen) atoms. The minimum absolute atomic E-state index is 0.0269. The molecule has 2 N–H and O–H groups in total. The van der Waals surface area contributed by atoms with Gasteiger partial charge in [-0.05, 0) is 12.8 Å². The van der Waals surface area contributed by atoms with Crippen LogP contribution in [0.1, 0.15) is 19.8 Å². The number of amides is 1. The average molecular weight is 213 g/mol. The van der Waals surface area contributed by atoms with E-state index < -0.39 is 6.10 Å². The summed E-state index contributed by atoms with van der Waals surface area (Å²) in [4.78, 5) is 13.4. The van der Waals surface area contributed by atoms with E-state index in [4.69, 9.17) is 5.11 Å². The van der Waals surface area contributed by atoms with Gasteiger partial charge in [0.15, 0.2) is 0 Å². The van der Waals surface area contributed by atoms with E-state index in [1.54, 1.807) is 17.9 Å². The van der Waals surface area contributed by atoms with Crippen molar-refractivity contribution in [1.82, 2.24) is 4.90 Å². The van der Waals surface area contributed by atoms with E-state index in [9.17, 15) is 9.90 Å². The van der Waals surface area contributed by atoms with Crippen LogP contribution in [0.2, 0.25) is 0 Å². The highest BCUT2D eigenvalue weighted by molar-refractivity contribution is 5.81. The molecule has 4 heteroatoms. The number of likely N-dealkylation sites (tertiary alicyclic amines) is 1. The Morgan fingerprint density at radius 1 is 1.73 bits per heavy atom. The number of hydrogen-bond acceptors (Lipinski definition) is 3. The molecule has 86 valence electrons. The summed E-state index contributed by atoms with van der Waals surface area (Å²) in [6.07, 6.45) is 2.24. The molecule has 0 spiro atoms. The first-order valence-corrected chi connectivity index (χ1v) is 5.33. The number of rotatable bonds is 4. The summed E-state index contributed by atoms with van der Waals surface area (Å²) in [7, 11) is 0. The molecule has 0 saturated carbocycles. The molecule has 4 nitrogen and oxygen atoms in total. The SMILES string of the molecule is C=C[C@@H](C)[C@@H](O)C(=O)N1CCC[C@H]1CO. The Hall–Kier alpha value is -0.870. The van der Waals surface area contributed by atoms with Gasteiger partial charge in [0.1, 0.15) is 6.10 Å². The molecular formula is C11H19NO3. The van der Waals surface area contributed by atoms with Gasteiger partial charge in [-0.2, -0.15) is 0 Å². The first-order valence-electron chi connectivity index (χ1n) is 5.33. The second-order valence-electron chi connectivity index (χ2n) is 4.05. The van der Waals surface area contributed by atoms with Gasteiger partial charge in [0, 0.05) is 12.5 Å². The lowest BCUT2D eigenvalue weighted by Gasteiger charge is -2.27. The van der Waals surface area contributed by atoms with Gasteiger partial charge in [0.2, 0.25) is 0 Å². The van der Waals surface area contributed by atoms with Crippen LogP contribution in [-0.4, -0.2) is 46.3 Å². The zero-order valence-corrected chi connectivity index (χ0v) is 9.09. The summed E-state index contributed by atoms with van der Waals surface area (Å²) in [6.45, 7) is 5.90. The molecule has 1 heterocycles. The van der Waals surface area contributed by atoms with Gasteiger partial charge in [-0.3, -0.25) is 4.79 Å². The molecular weight excluding hydrogens is 194 g/mol. The van der Waals surface area contributed by atoms with Crippen LogP contribution >= 0.6 is 0 Å². The van der Waals surface area contributed by atoms with Crippen molar-refractivity contribution in [2.75, 3.05) is 13.2 Å². The molecule has 0 unspecified atom stereocenters. The molecule has 1 fully saturated rings. The highest BCUT2D eigenvalue weighted by Crippen LogP contribution is 2.19. The molecule has 0 aromatic carbocycles. The van der Waals surface area contributed by atoms with Crippen molar-refractivity contribution in [2.45, 2.75) is 31.9 Å². The van der Waals surface area contributed by atoms with Gasteiger partial charge in [-0.25, -0.2) is 0 Å². The van der Waals surface area contributed by atoms with E-state index in [-0.39, 0.29) is 24.5 Å². The number of nitrogens with zero attached hydrogens (tertiary/aromatic N) is 1.